The van der Waals surface area contributed by atoms with Gasteiger partial charge >= 0.3 is 0 Å². The van der Waals surface area contributed by atoms with E-state index in [2.05, 4.69) is 36.6 Å². The van der Waals surface area contributed by atoms with Crippen molar-refractivity contribution in [2.24, 2.45) is 0 Å². The van der Waals surface area contributed by atoms with E-state index in [1.807, 2.05) is 26.0 Å². The van der Waals surface area contributed by atoms with Crippen molar-refractivity contribution in [3.8, 4) is 11.8 Å². The minimum atomic E-state index is -0.284. The van der Waals surface area contributed by atoms with Crippen molar-refractivity contribution in [3.05, 3.63) is 57.9 Å². The van der Waals surface area contributed by atoms with Crippen LogP contribution in [-0.2, 0) is 4.79 Å². The maximum Gasteiger partial charge on any atom is 0.264 e. The highest BCUT2D eigenvalue weighted by molar-refractivity contribution is 6.01. The molecule has 2 aromatic rings. The molecular weight excluding hydrogens is 298 g/mol. The summed E-state index contributed by atoms with van der Waals surface area (Å²) in [5.41, 5.74) is 6.68. The maximum atomic E-state index is 12.1. The minimum absolute atomic E-state index is 0.139. The molecule has 0 atom stereocenters. The van der Waals surface area contributed by atoms with Crippen LogP contribution in [0.2, 0.25) is 0 Å². The van der Waals surface area contributed by atoms with E-state index in [1.54, 1.807) is 20.2 Å². The van der Waals surface area contributed by atoms with Crippen LogP contribution in [0.1, 0.15) is 28.1 Å². The molecular formula is C20H23N3O. The molecule has 0 bridgehead atoms. The fourth-order valence-electron chi connectivity index (χ4n) is 2.73. The van der Waals surface area contributed by atoms with Crippen LogP contribution in [0.3, 0.4) is 0 Å². The first-order valence-electron chi connectivity index (χ1n) is 7.86. The number of carbonyl (C=O) groups is 1. The number of likely N-dealkylation sites (N-methyl/N-ethyl adjacent to an activating group) is 1. The molecule has 0 saturated heterocycles. The molecule has 4 nitrogen and oxygen atoms in total. The lowest BCUT2D eigenvalue weighted by Crippen LogP contribution is -2.22. The molecule has 1 aromatic carbocycles. The number of aromatic nitrogens is 1. The van der Waals surface area contributed by atoms with Crippen LogP contribution in [0, 0.1) is 39.0 Å². The third kappa shape index (κ3) is 3.26. The molecule has 4 heteroatoms. The van der Waals surface area contributed by atoms with Crippen molar-refractivity contribution in [2.75, 3.05) is 14.1 Å². The second kappa shape index (κ2) is 6.76. The molecule has 0 aliphatic rings. The number of carbonyl (C=O) groups excluding carboxylic acids is 1. The summed E-state index contributed by atoms with van der Waals surface area (Å²) in [4.78, 5) is 13.5. The van der Waals surface area contributed by atoms with Crippen LogP contribution in [-0.4, -0.2) is 29.5 Å². The SMILES string of the molecule is Cc1ccc(-n2c(C)cc(/C=C(/C#N)C(=O)N(C)C)c2C)cc1C. The molecule has 0 unspecified atom stereocenters. The van der Waals surface area contributed by atoms with Gasteiger partial charge in [-0.25, -0.2) is 0 Å². The van der Waals surface area contributed by atoms with E-state index in [9.17, 15) is 10.1 Å². The largest absolute Gasteiger partial charge is 0.344 e. The summed E-state index contributed by atoms with van der Waals surface area (Å²) >= 11 is 0. The molecule has 0 saturated carbocycles. The molecule has 0 aliphatic carbocycles. The number of amides is 1. The monoisotopic (exact) mass is 321 g/mol. The summed E-state index contributed by atoms with van der Waals surface area (Å²) in [5, 5.41) is 9.29. The first-order valence-corrected chi connectivity index (χ1v) is 7.86. The molecule has 0 aliphatic heterocycles. The molecule has 124 valence electrons. The van der Waals surface area contributed by atoms with Crippen molar-refractivity contribution < 1.29 is 4.79 Å². The Morgan fingerprint density at radius 1 is 1.12 bits per heavy atom. The number of hydrogen-bond acceptors (Lipinski definition) is 2. The highest BCUT2D eigenvalue weighted by Crippen LogP contribution is 2.24. The van der Waals surface area contributed by atoms with Gasteiger partial charge in [-0.15, -0.1) is 0 Å². The van der Waals surface area contributed by atoms with E-state index in [1.165, 1.54) is 16.0 Å². The molecule has 24 heavy (non-hydrogen) atoms. The topological polar surface area (TPSA) is 49.0 Å². The summed E-state index contributed by atoms with van der Waals surface area (Å²) in [6.07, 6.45) is 1.67. The predicted molar refractivity (Wildman–Crippen MR) is 97.0 cm³/mol. The fraction of sp³-hybridized carbons (Fsp3) is 0.300. The number of hydrogen-bond donors (Lipinski definition) is 0. The van der Waals surface area contributed by atoms with Crippen LogP contribution < -0.4 is 0 Å². The van der Waals surface area contributed by atoms with Crippen LogP contribution in [0.4, 0.5) is 0 Å². The van der Waals surface area contributed by atoms with E-state index >= 15 is 0 Å². The summed E-state index contributed by atoms with van der Waals surface area (Å²) < 4.78 is 2.15. The zero-order valence-electron chi connectivity index (χ0n) is 15.1. The van der Waals surface area contributed by atoms with Gasteiger partial charge in [-0.2, -0.15) is 5.26 Å². The predicted octanol–water partition coefficient (Wildman–Crippen LogP) is 3.71. The van der Waals surface area contributed by atoms with Gasteiger partial charge in [0.05, 0.1) is 0 Å². The van der Waals surface area contributed by atoms with Gasteiger partial charge in [-0.3, -0.25) is 4.79 Å². The Balaban J connectivity index is 2.55. The second-order valence-electron chi connectivity index (χ2n) is 6.30. The Hall–Kier alpha value is -2.80. The summed E-state index contributed by atoms with van der Waals surface area (Å²) in [6.45, 7) is 8.22. The first kappa shape index (κ1) is 17.6. The first-order chi connectivity index (χ1) is 11.3. The normalized spacial score (nSPS) is 11.3. The Kier molecular flexibility index (Phi) is 4.94. The van der Waals surface area contributed by atoms with E-state index < -0.39 is 0 Å². The maximum absolute atomic E-state index is 12.1. The lowest BCUT2D eigenvalue weighted by atomic mass is 10.1. The van der Waals surface area contributed by atoms with E-state index in [4.69, 9.17) is 0 Å². The lowest BCUT2D eigenvalue weighted by Gasteiger charge is -2.12. The van der Waals surface area contributed by atoms with Crippen LogP contribution in [0.25, 0.3) is 11.8 Å². The molecule has 1 aromatic heterocycles. The Bertz CT molecular complexity index is 864. The fourth-order valence-corrected chi connectivity index (χ4v) is 2.73. The highest BCUT2D eigenvalue weighted by atomic mass is 16.2. The zero-order chi connectivity index (χ0) is 18.0. The second-order valence-corrected chi connectivity index (χ2v) is 6.30. The van der Waals surface area contributed by atoms with Crippen molar-refractivity contribution in [1.82, 2.24) is 9.47 Å². The standard InChI is InChI=1S/C20H23N3O/c1-13-7-8-19(9-14(13)2)23-15(3)10-17(16(23)4)11-18(12-21)20(24)22(5)6/h7-11H,1-6H3/b18-11-. The molecule has 0 N–H and O–H groups in total. The summed E-state index contributed by atoms with van der Waals surface area (Å²) in [5.74, 6) is -0.284. The highest BCUT2D eigenvalue weighted by Gasteiger charge is 2.15. The average molecular weight is 321 g/mol. The Morgan fingerprint density at radius 3 is 2.33 bits per heavy atom. The lowest BCUT2D eigenvalue weighted by molar-refractivity contribution is -0.124. The summed E-state index contributed by atoms with van der Waals surface area (Å²) in [6, 6.07) is 10.4. The van der Waals surface area contributed by atoms with Crippen LogP contribution >= 0.6 is 0 Å². The molecule has 0 radical (unpaired) electrons. The van der Waals surface area contributed by atoms with Gasteiger partial charge in [-0.05, 0) is 68.7 Å². The van der Waals surface area contributed by atoms with Gasteiger partial charge in [0.25, 0.3) is 5.91 Å². The minimum Gasteiger partial charge on any atom is -0.344 e. The summed E-state index contributed by atoms with van der Waals surface area (Å²) in [7, 11) is 3.29. The van der Waals surface area contributed by atoms with Gasteiger partial charge in [0, 0.05) is 31.2 Å². The quantitative estimate of drug-likeness (QED) is 0.639. The Labute approximate surface area is 143 Å². The van der Waals surface area contributed by atoms with Crippen molar-refractivity contribution in [2.45, 2.75) is 27.7 Å². The number of nitrogens with zero attached hydrogens (tertiary/aromatic N) is 3. The number of benzene rings is 1. The van der Waals surface area contributed by atoms with Crippen molar-refractivity contribution in [3.63, 3.8) is 0 Å². The van der Waals surface area contributed by atoms with E-state index in [0.717, 1.165) is 22.6 Å². The van der Waals surface area contributed by atoms with Gasteiger partial charge in [0.2, 0.25) is 0 Å². The third-order valence-corrected chi connectivity index (χ3v) is 4.28. The van der Waals surface area contributed by atoms with Crippen molar-refractivity contribution in [1.29, 1.82) is 5.26 Å². The number of rotatable bonds is 3. The van der Waals surface area contributed by atoms with Gasteiger partial charge < -0.3 is 9.47 Å². The third-order valence-electron chi connectivity index (χ3n) is 4.28. The van der Waals surface area contributed by atoms with Gasteiger partial charge in [0.1, 0.15) is 11.6 Å². The Morgan fingerprint density at radius 2 is 1.79 bits per heavy atom. The number of aryl methyl sites for hydroxylation is 3. The van der Waals surface area contributed by atoms with Gasteiger partial charge in [0.15, 0.2) is 0 Å². The molecule has 2 rings (SSSR count). The average Bonchev–Trinajstić information content (AvgIpc) is 2.81. The van der Waals surface area contributed by atoms with Crippen molar-refractivity contribution >= 4 is 12.0 Å². The number of nitriles is 1. The van der Waals surface area contributed by atoms with Gasteiger partial charge in [-0.1, -0.05) is 6.07 Å². The molecule has 0 fully saturated rings. The van der Waals surface area contributed by atoms with Crippen LogP contribution in [0.5, 0.6) is 0 Å². The van der Waals surface area contributed by atoms with E-state index in [-0.39, 0.29) is 11.5 Å². The molecule has 1 heterocycles. The zero-order valence-corrected chi connectivity index (χ0v) is 15.1. The van der Waals surface area contributed by atoms with E-state index in [0.29, 0.717) is 0 Å². The molecule has 0 spiro atoms. The molecule has 1 amide bonds. The van der Waals surface area contributed by atoms with Crippen LogP contribution in [0.15, 0.2) is 29.8 Å². The smallest absolute Gasteiger partial charge is 0.264 e.